The number of aromatic nitrogens is 4. The minimum atomic E-state index is 0.396. The Balaban J connectivity index is 1.72. The minimum Gasteiger partial charge on any atom is -0.497 e. The normalized spacial score (nSPS) is 10.6. The van der Waals surface area contributed by atoms with Crippen LogP contribution in [0.3, 0.4) is 0 Å². The number of methoxy groups -OCH3 is 1. The fourth-order valence-corrected chi connectivity index (χ4v) is 2.63. The second kappa shape index (κ2) is 7.43. The van der Waals surface area contributed by atoms with Crippen molar-refractivity contribution >= 4 is 45.9 Å². The molecule has 0 bridgehead atoms. The second-order valence-corrected chi connectivity index (χ2v) is 6.05. The zero-order chi connectivity index (χ0) is 18.6. The van der Waals surface area contributed by atoms with E-state index in [2.05, 4.69) is 30.6 Å². The molecule has 4 rings (SSSR count). The Hall–Kier alpha value is -3.45. The van der Waals surface area contributed by atoms with Gasteiger partial charge in [0.25, 0.3) is 0 Å². The van der Waals surface area contributed by atoms with Crippen molar-refractivity contribution in [1.82, 2.24) is 19.9 Å². The van der Waals surface area contributed by atoms with Gasteiger partial charge in [-0.05, 0) is 36.4 Å². The van der Waals surface area contributed by atoms with Gasteiger partial charge in [0.1, 0.15) is 5.75 Å². The van der Waals surface area contributed by atoms with E-state index in [-0.39, 0.29) is 0 Å². The maximum absolute atomic E-state index is 5.95. The van der Waals surface area contributed by atoms with E-state index in [1.165, 1.54) is 0 Å². The first kappa shape index (κ1) is 17.0. The van der Waals surface area contributed by atoms with Crippen LogP contribution < -0.4 is 15.4 Å². The SMILES string of the molecule is COc1cccc(Nc2nc(Nc3ccc(Cl)cc3)c3nccnc3n2)c1. The molecular formula is C19H15ClN6O. The molecule has 0 spiro atoms. The summed E-state index contributed by atoms with van der Waals surface area (Å²) in [6, 6.07) is 14.8. The van der Waals surface area contributed by atoms with Gasteiger partial charge in [-0.3, -0.25) is 0 Å². The third-order valence-corrected chi connectivity index (χ3v) is 4.02. The Bertz CT molecular complexity index is 1090. The van der Waals surface area contributed by atoms with Crippen LogP contribution in [0, 0.1) is 0 Å². The van der Waals surface area contributed by atoms with Crippen molar-refractivity contribution in [2.45, 2.75) is 0 Å². The number of hydrogen-bond donors (Lipinski definition) is 2. The van der Waals surface area contributed by atoms with Crippen LogP contribution in [0.1, 0.15) is 0 Å². The zero-order valence-corrected chi connectivity index (χ0v) is 15.1. The highest BCUT2D eigenvalue weighted by Gasteiger charge is 2.11. The first-order chi connectivity index (χ1) is 13.2. The highest BCUT2D eigenvalue weighted by molar-refractivity contribution is 6.30. The number of halogens is 1. The molecule has 0 fully saturated rings. The van der Waals surface area contributed by atoms with E-state index in [4.69, 9.17) is 16.3 Å². The molecule has 0 saturated heterocycles. The third kappa shape index (κ3) is 3.88. The molecule has 2 heterocycles. The molecule has 2 N–H and O–H groups in total. The van der Waals surface area contributed by atoms with Crippen molar-refractivity contribution in [3.05, 3.63) is 65.9 Å². The van der Waals surface area contributed by atoms with Gasteiger partial charge in [0, 0.05) is 34.9 Å². The predicted octanol–water partition coefficient (Wildman–Crippen LogP) is 4.57. The van der Waals surface area contributed by atoms with Gasteiger partial charge < -0.3 is 15.4 Å². The highest BCUT2D eigenvalue weighted by atomic mass is 35.5. The van der Waals surface area contributed by atoms with Crippen LogP contribution in [-0.2, 0) is 0 Å². The lowest BCUT2D eigenvalue weighted by molar-refractivity contribution is 0.415. The molecule has 0 atom stereocenters. The summed E-state index contributed by atoms with van der Waals surface area (Å²) in [6.07, 6.45) is 3.20. The maximum Gasteiger partial charge on any atom is 0.231 e. The summed E-state index contributed by atoms with van der Waals surface area (Å²) in [5.74, 6) is 1.67. The fourth-order valence-electron chi connectivity index (χ4n) is 2.51. The molecule has 0 aliphatic rings. The summed E-state index contributed by atoms with van der Waals surface area (Å²) in [5.41, 5.74) is 2.69. The van der Waals surface area contributed by atoms with E-state index in [9.17, 15) is 0 Å². The van der Waals surface area contributed by atoms with E-state index >= 15 is 0 Å². The Kier molecular flexibility index (Phi) is 4.67. The van der Waals surface area contributed by atoms with Gasteiger partial charge in [0.15, 0.2) is 17.0 Å². The van der Waals surface area contributed by atoms with E-state index in [1.54, 1.807) is 31.6 Å². The molecule has 27 heavy (non-hydrogen) atoms. The number of fused-ring (bicyclic) bond motifs is 1. The minimum absolute atomic E-state index is 0.396. The van der Waals surface area contributed by atoms with Crippen LogP contribution in [0.15, 0.2) is 60.9 Å². The van der Waals surface area contributed by atoms with Crippen LogP contribution in [0.25, 0.3) is 11.2 Å². The van der Waals surface area contributed by atoms with Crippen LogP contribution in [-0.4, -0.2) is 27.0 Å². The summed E-state index contributed by atoms with van der Waals surface area (Å²) >= 11 is 5.95. The summed E-state index contributed by atoms with van der Waals surface area (Å²) in [7, 11) is 1.62. The Morgan fingerprint density at radius 2 is 1.70 bits per heavy atom. The fraction of sp³-hybridized carbons (Fsp3) is 0.0526. The van der Waals surface area contributed by atoms with Crippen molar-refractivity contribution < 1.29 is 4.74 Å². The van der Waals surface area contributed by atoms with E-state index < -0.39 is 0 Å². The summed E-state index contributed by atoms with van der Waals surface area (Å²) in [4.78, 5) is 17.6. The summed E-state index contributed by atoms with van der Waals surface area (Å²) in [5, 5.41) is 7.08. The van der Waals surface area contributed by atoms with Crippen LogP contribution in [0.4, 0.5) is 23.1 Å². The van der Waals surface area contributed by atoms with Crippen molar-refractivity contribution in [2.75, 3.05) is 17.7 Å². The summed E-state index contributed by atoms with van der Waals surface area (Å²) < 4.78 is 5.25. The Morgan fingerprint density at radius 1 is 0.889 bits per heavy atom. The van der Waals surface area contributed by atoms with Gasteiger partial charge >= 0.3 is 0 Å². The smallest absolute Gasteiger partial charge is 0.231 e. The average Bonchev–Trinajstić information content (AvgIpc) is 2.70. The number of nitrogens with zero attached hydrogens (tertiary/aromatic N) is 4. The van der Waals surface area contributed by atoms with E-state index in [0.717, 1.165) is 17.1 Å². The Labute approximate surface area is 160 Å². The number of hydrogen-bond acceptors (Lipinski definition) is 7. The number of rotatable bonds is 5. The van der Waals surface area contributed by atoms with Crippen LogP contribution in [0.5, 0.6) is 5.75 Å². The van der Waals surface area contributed by atoms with Gasteiger partial charge in [0.2, 0.25) is 5.95 Å². The molecule has 0 aliphatic carbocycles. The lowest BCUT2D eigenvalue weighted by Gasteiger charge is -2.11. The quantitative estimate of drug-likeness (QED) is 0.526. The molecule has 134 valence electrons. The molecule has 0 radical (unpaired) electrons. The lowest BCUT2D eigenvalue weighted by atomic mass is 10.3. The third-order valence-electron chi connectivity index (χ3n) is 3.77. The number of benzene rings is 2. The largest absolute Gasteiger partial charge is 0.497 e. The summed E-state index contributed by atoms with van der Waals surface area (Å²) in [6.45, 7) is 0. The topological polar surface area (TPSA) is 84.9 Å². The zero-order valence-electron chi connectivity index (χ0n) is 14.3. The van der Waals surface area contributed by atoms with Gasteiger partial charge in [-0.25, -0.2) is 9.97 Å². The van der Waals surface area contributed by atoms with E-state index in [1.807, 2.05) is 36.4 Å². The number of ether oxygens (including phenoxy) is 1. The highest BCUT2D eigenvalue weighted by Crippen LogP contribution is 2.25. The first-order valence-electron chi connectivity index (χ1n) is 8.14. The standard InChI is InChI=1S/C19H15ClN6O/c1-27-15-4-2-3-14(11-15)24-19-25-17-16(21-9-10-22-17)18(26-19)23-13-7-5-12(20)6-8-13/h2-11H,1H3,(H2,22,23,24,25,26). The molecule has 4 aromatic rings. The monoisotopic (exact) mass is 378 g/mol. The molecule has 0 amide bonds. The molecule has 8 heteroatoms. The van der Waals surface area contributed by atoms with Crippen molar-refractivity contribution in [3.63, 3.8) is 0 Å². The molecule has 0 saturated carbocycles. The average molecular weight is 379 g/mol. The van der Waals surface area contributed by atoms with Gasteiger partial charge in [-0.2, -0.15) is 9.97 Å². The molecule has 2 aromatic carbocycles. The van der Waals surface area contributed by atoms with Crippen LogP contribution in [0.2, 0.25) is 5.02 Å². The predicted molar refractivity (Wildman–Crippen MR) is 106 cm³/mol. The van der Waals surface area contributed by atoms with Gasteiger partial charge in [0.05, 0.1) is 7.11 Å². The molecule has 7 nitrogen and oxygen atoms in total. The van der Waals surface area contributed by atoms with Crippen LogP contribution >= 0.6 is 11.6 Å². The molecule has 0 aliphatic heterocycles. The molecule has 0 unspecified atom stereocenters. The van der Waals surface area contributed by atoms with Crippen molar-refractivity contribution in [3.8, 4) is 5.75 Å². The molecule has 2 aromatic heterocycles. The Morgan fingerprint density at radius 3 is 2.52 bits per heavy atom. The lowest BCUT2D eigenvalue weighted by Crippen LogP contribution is -2.04. The second-order valence-electron chi connectivity index (χ2n) is 5.61. The number of nitrogens with one attached hydrogen (secondary N) is 2. The van der Waals surface area contributed by atoms with Crippen molar-refractivity contribution in [1.29, 1.82) is 0 Å². The van der Waals surface area contributed by atoms with E-state index in [0.29, 0.717) is 28.0 Å². The molecular weight excluding hydrogens is 364 g/mol. The number of anilines is 4. The maximum atomic E-state index is 5.95. The van der Waals surface area contributed by atoms with Gasteiger partial charge in [-0.15, -0.1) is 0 Å². The first-order valence-corrected chi connectivity index (χ1v) is 8.51. The van der Waals surface area contributed by atoms with Crippen molar-refractivity contribution in [2.24, 2.45) is 0 Å². The van der Waals surface area contributed by atoms with Gasteiger partial charge in [-0.1, -0.05) is 17.7 Å².